The molecule has 1 aliphatic heterocycles. The van der Waals surface area contributed by atoms with Crippen molar-refractivity contribution >= 4 is 55.3 Å². The van der Waals surface area contributed by atoms with Gasteiger partial charge in [0.25, 0.3) is 0 Å². The van der Waals surface area contributed by atoms with E-state index in [1.54, 1.807) is 4.44 Å². The van der Waals surface area contributed by atoms with Gasteiger partial charge >= 0.3 is 162 Å². The van der Waals surface area contributed by atoms with Gasteiger partial charge in [-0.15, -0.1) is 0 Å². The number of allylic oxidation sites excluding steroid dienone is 2. The SMILES string of the molecule is CCc1c(/C=C/C=C2\[Se]c3ccccc3N2CC)[se]c2ccccc12. The summed E-state index contributed by atoms with van der Waals surface area (Å²) in [6.07, 6.45) is 8.09. The molecule has 25 heavy (non-hydrogen) atoms. The Hall–Kier alpha value is -1.50. The average Bonchev–Trinajstić information content (AvgIpc) is 3.18. The van der Waals surface area contributed by atoms with Gasteiger partial charge in [-0.2, -0.15) is 0 Å². The zero-order valence-electron chi connectivity index (χ0n) is 14.5. The molecule has 1 aromatic heterocycles. The number of rotatable bonds is 4. The van der Waals surface area contributed by atoms with Crippen molar-refractivity contribution in [2.75, 3.05) is 11.4 Å². The van der Waals surface area contributed by atoms with Gasteiger partial charge in [0.05, 0.1) is 0 Å². The van der Waals surface area contributed by atoms with Gasteiger partial charge in [-0.05, 0) is 0 Å². The second-order valence-electron chi connectivity index (χ2n) is 5.97. The van der Waals surface area contributed by atoms with Gasteiger partial charge in [-0.25, -0.2) is 0 Å². The van der Waals surface area contributed by atoms with Crippen molar-refractivity contribution in [2.24, 2.45) is 0 Å². The number of aryl methyl sites for hydroxylation is 1. The van der Waals surface area contributed by atoms with Gasteiger partial charge in [0.1, 0.15) is 0 Å². The molecule has 0 aliphatic carbocycles. The molecular formula is C22H21NSe2. The van der Waals surface area contributed by atoms with Crippen LogP contribution >= 0.6 is 0 Å². The van der Waals surface area contributed by atoms with Crippen LogP contribution in [0.1, 0.15) is 23.8 Å². The summed E-state index contributed by atoms with van der Waals surface area (Å²) in [6, 6.07) is 17.7. The van der Waals surface area contributed by atoms with Crippen LogP contribution in [0.4, 0.5) is 5.69 Å². The van der Waals surface area contributed by atoms with Crippen LogP contribution in [0, 0.1) is 0 Å². The van der Waals surface area contributed by atoms with Crippen molar-refractivity contribution in [3.63, 3.8) is 0 Å². The molecule has 0 unspecified atom stereocenters. The maximum atomic E-state index is 2.46. The van der Waals surface area contributed by atoms with Crippen LogP contribution in [0.5, 0.6) is 0 Å². The summed E-state index contributed by atoms with van der Waals surface area (Å²) in [7, 11) is 0. The zero-order chi connectivity index (χ0) is 17.2. The molecule has 2 aromatic carbocycles. The summed E-state index contributed by atoms with van der Waals surface area (Å²) < 4.78 is 6.04. The minimum absolute atomic E-state index is 0.419. The third-order valence-corrected chi connectivity index (χ3v) is 9.37. The summed E-state index contributed by atoms with van der Waals surface area (Å²) in [4.78, 5) is 2.46. The van der Waals surface area contributed by atoms with Crippen LogP contribution in [0.15, 0.2) is 65.3 Å². The Kier molecular flexibility index (Phi) is 5.01. The fraction of sp³-hybridized carbons (Fsp3) is 0.182. The van der Waals surface area contributed by atoms with E-state index in [1.807, 2.05) is 0 Å². The van der Waals surface area contributed by atoms with Crippen molar-refractivity contribution in [2.45, 2.75) is 20.3 Å². The Bertz CT molecular complexity index is 965. The summed E-state index contributed by atoms with van der Waals surface area (Å²) in [5, 5.41) is 1.48. The Morgan fingerprint density at radius 2 is 1.80 bits per heavy atom. The molecule has 0 atom stereocenters. The normalized spacial score (nSPS) is 15.6. The molecule has 4 rings (SSSR count). The third kappa shape index (κ3) is 3.18. The van der Waals surface area contributed by atoms with E-state index in [0.717, 1.165) is 13.0 Å². The van der Waals surface area contributed by atoms with Crippen LogP contribution < -0.4 is 9.36 Å². The second kappa shape index (κ2) is 7.40. The predicted molar refractivity (Wildman–Crippen MR) is 112 cm³/mol. The minimum atomic E-state index is 0.419. The zero-order valence-corrected chi connectivity index (χ0v) is 18.0. The first-order valence-corrected chi connectivity index (χ1v) is 12.2. The average molecular weight is 457 g/mol. The number of hydrogen-bond acceptors (Lipinski definition) is 1. The van der Waals surface area contributed by atoms with Gasteiger partial charge in [-0.3, -0.25) is 0 Å². The first kappa shape index (κ1) is 16.9. The molecule has 0 spiro atoms. The van der Waals surface area contributed by atoms with E-state index < -0.39 is 0 Å². The van der Waals surface area contributed by atoms with E-state index in [2.05, 4.69) is 85.5 Å². The first-order valence-electron chi connectivity index (χ1n) is 8.75. The topological polar surface area (TPSA) is 3.24 Å². The van der Waals surface area contributed by atoms with Crippen LogP contribution in [0.2, 0.25) is 0 Å². The Morgan fingerprint density at radius 1 is 1.00 bits per heavy atom. The Morgan fingerprint density at radius 3 is 2.64 bits per heavy atom. The van der Waals surface area contributed by atoms with Crippen molar-refractivity contribution in [1.82, 2.24) is 0 Å². The van der Waals surface area contributed by atoms with Crippen molar-refractivity contribution in [3.8, 4) is 0 Å². The van der Waals surface area contributed by atoms with Gasteiger partial charge in [0.15, 0.2) is 0 Å². The van der Waals surface area contributed by atoms with Crippen LogP contribution in [-0.2, 0) is 6.42 Å². The van der Waals surface area contributed by atoms with E-state index in [4.69, 9.17) is 0 Å². The van der Waals surface area contributed by atoms with Gasteiger partial charge in [-0.1, -0.05) is 0 Å². The quantitative estimate of drug-likeness (QED) is 0.532. The molecule has 3 heteroatoms. The van der Waals surface area contributed by atoms with Crippen molar-refractivity contribution < 1.29 is 0 Å². The van der Waals surface area contributed by atoms with Gasteiger partial charge in [0.2, 0.25) is 0 Å². The number of para-hydroxylation sites is 1. The molecule has 0 saturated carbocycles. The molecule has 0 fully saturated rings. The van der Waals surface area contributed by atoms with E-state index in [-0.39, 0.29) is 0 Å². The Labute approximate surface area is 162 Å². The van der Waals surface area contributed by atoms with Crippen LogP contribution in [0.25, 0.3) is 15.7 Å². The van der Waals surface area contributed by atoms with E-state index in [9.17, 15) is 0 Å². The molecule has 1 nitrogen and oxygen atoms in total. The molecule has 0 amide bonds. The fourth-order valence-electron chi connectivity index (χ4n) is 3.34. The number of nitrogens with zero attached hydrogens (tertiary/aromatic N) is 1. The summed E-state index contributed by atoms with van der Waals surface area (Å²) >= 11 is 0.869. The molecule has 2 heterocycles. The van der Waals surface area contributed by atoms with Gasteiger partial charge in [0, 0.05) is 0 Å². The van der Waals surface area contributed by atoms with E-state index in [1.165, 1.54) is 30.0 Å². The molecule has 0 saturated heterocycles. The first-order chi connectivity index (χ1) is 12.3. The number of hydrogen-bond donors (Lipinski definition) is 0. The molecule has 1 aliphatic rings. The van der Waals surface area contributed by atoms with Crippen LogP contribution in [0.3, 0.4) is 0 Å². The molecule has 3 aromatic rings. The fourth-order valence-corrected chi connectivity index (χ4v) is 8.26. The van der Waals surface area contributed by atoms with E-state index in [0.29, 0.717) is 29.5 Å². The summed E-state index contributed by atoms with van der Waals surface area (Å²) in [5.41, 5.74) is 2.94. The van der Waals surface area contributed by atoms with Crippen molar-refractivity contribution in [1.29, 1.82) is 0 Å². The molecular weight excluding hydrogens is 436 g/mol. The number of anilines is 1. The third-order valence-electron chi connectivity index (χ3n) is 4.52. The van der Waals surface area contributed by atoms with Crippen molar-refractivity contribution in [3.05, 3.63) is 75.3 Å². The molecule has 0 radical (unpaired) electrons. The molecule has 126 valence electrons. The van der Waals surface area contributed by atoms with E-state index >= 15 is 0 Å². The molecule has 0 N–H and O–H groups in total. The Balaban J connectivity index is 1.64. The predicted octanol–water partition coefficient (Wildman–Crippen LogP) is 4.18. The van der Waals surface area contributed by atoms with Gasteiger partial charge < -0.3 is 0 Å². The summed E-state index contributed by atoms with van der Waals surface area (Å²) in [5.74, 6) is 0. The summed E-state index contributed by atoms with van der Waals surface area (Å²) in [6.45, 7) is 5.55. The monoisotopic (exact) mass is 459 g/mol. The standard InChI is InChI=1S/C22H21NSe2/c1-3-16-17-10-5-7-12-20(17)24-19(16)14-9-15-22-23(4-2)18-11-6-8-13-21(18)25-22/h5-15H,3-4H2,1-2H3/b14-9+,22-15-. The number of benzene rings is 2. The molecule has 0 bridgehead atoms. The van der Waals surface area contributed by atoms with Crippen LogP contribution in [-0.4, -0.2) is 36.0 Å². The second-order valence-corrected chi connectivity index (χ2v) is 10.5. The number of fused-ring (bicyclic) bond motifs is 2. The maximum absolute atomic E-state index is 2.46.